The first-order valence-electron chi connectivity index (χ1n) is 7.84. The fourth-order valence-corrected chi connectivity index (χ4v) is 3.90. The van der Waals surface area contributed by atoms with Crippen molar-refractivity contribution in [1.82, 2.24) is 4.90 Å². The van der Waals surface area contributed by atoms with E-state index >= 15 is 0 Å². The number of hydrogen-bond acceptors (Lipinski definition) is 3. The number of nitrogens with zero attached hydrogens (tertiary/aromatic N) is 1. The summed E-state index contributed by atoms with van der Waals surface area (Å²) >= 11 is 0. The molecular formula is C19H22ClNO2. The first kappa shape index (κ1) is 16.2. The van der Waals surface area contributed by atoms with Crippen molar-refractivity contribution in [2.45, 2.75) is 17.9 Å². The summed E-state index contributed by atoms with van der Waals surface area (Å²) < 4.78 is 12.0. The lowest BCUT2D eigenvalue weighted by Gasteiger charge is -2.42. The van der Waals surface area contributed by atoms with Crippen LogP contribution in [0, 0.1) is 0 Å². The Morgan fingerprint density at radius 1 is 1.17 bits per heavy atom. The Morgan fingerprint density at radius 2 is 2.00 bits per heavy atom. The highest BCUT2D eigenvalue weighted by molar-refractivity contribution is 5.85. The first-order chi connectivity index (χ1) is 10.7. The van der Waals surface area contributed by atoms with Gasteiger partial charge in [-0.15, -0.1) is 12.4 Å². The van der Waals surface area contributed by atoms with Crippen molar-refractivity contribution in [2.24, 2.45) is 0 Å². The second kappa shape index (κ2) is 6.06. The van der Waals surface area contributed by atoms with Crippen molar-refractivity contribution in [3.63, 3.8) is 0 Å². The Bertz CT molecular complexity index is 705. The molecule has 2 aromatic carbocycles. The highest BCUT2D eigenvalue weighted by Gasteiger charge is 2.52. The summed E-state index contributed by atoms with van der Waals surface area (Å²) in [6, 6.07) is 16.8. The van der Waals surface area contributed by atoms with Gasteiger partial charge in [0.2, 0.25) is 0 Å². The van der Waals surface area contributed by atoms with Crippen molar-refractivity contribution in [3.8, 4) is 11.5 Å². The van der Waals surface area contributed by atoms with Crippen LogP contribution in [-0.4, -0.2) is 32.1 Å². The van der Waals surface area contributed by atoms with Gasteiger partial charge in [-0.1, -0.05) is 30.3 Å². The number of hydrogen-bond donors (Lipinski definition) is 0. The molecule has 122 valence electrons. The monoisotopic (exact) mass is 331 g/mol. The van der Waals surface area contributed by atoms with Crippen LogP contribution in [0.25, 0.3) is 0 Å². The normalized spacial score (nSPS) is 25.7. The molecule has 2 heterocycles. The zero-order valence-electron chi connectivity index (χ0n) is 13.5. The largest absolute Gasteiger partial charge is 0.497 e. The van der Waals surface area contributed by atoms with E-state index in [1.807, 2.05) is 6.07 Å². The van der Waals surface area contributed by atoms with E-state index in [9.17, 15) is 0 Å². The molecular weight excluding hydrogens is 310 g/mol. The van der Waals surface area contributed by atoms with Gasteiger partial charge in [0, 0.05) is 31.0 Å². The van der Waals surface area contributed by atoms with E-state index in [4.69, 9.17) is 9.47 Å². The molecule has 0 amide bonds. The molecule has 2 atom stereocenters. The number of piperidine rings is 1. The molecule has 23 heavy (non-hydrogen) atoms. The fourth-order valence-electron chi connectivity index (χ4n) is 3.90. The van der Waals surface area contributed by atoms with E-state index in [0.29, 0.717) is 5.92 Å². The summed E-state index contributed by atoms with van der Waals surface area (Å²) in [5, 5.41) is 0. The van der Waals surface area contributed by atoms with Crippen molar-refractivity contribution < 1.29 is 9.47 Å². The molecule has 0 bridgehead atoms. The zero-order chi connectivity index (χ0) is 15.2. The predicted octanol–water partition coefficient (Wildman–Crippen LogP) is 3.82. The molecule has 4 heteroatoms. The van der Waals surface area contributed by atoms with Gasteiger partial charge in [-0.2, -0.15) is 0 Å². The summed E-state index contributed by atoms with van der Waals surface area (Å²) in [4.78, 5) is 2.40. The number of benzene rings is 2. The minimum atomic E-state index is -0.259. The Hall–Kier alpha value is -1.71. The lowest BCUT2D eigenvalue weighted by atomic mass is 9.74. The summed E-state index contributed by atoms with van der Waals surface area (Å²) in [5.41, 5.74) is 2.29. The van der Waals surface area contributed by atoms with Crippen LogP contribution in [0.1, 0.15) is 23.5 Å². The van der Waals surface area contributed by atoms with Crippen LogP contribution in [0.5, 0.6) is 11.5 Å². The molecule has 0 spiro atoms. The number of likely N-dealkylation sites (N-methyl/N-ethyl adjacent to an activating group) is 1. The lowest BCUT2D eigenvalue weighted by molar-refractivity contribution is 0.00688. The summed E-state index contributed by atoms with van der Waals surface area (Å²) in [5.74, 6) is 2.30. The molecule has 2 unspecified atom stereocenters. The zero-order valence-corrected chi connectivity index (χ0v) is 14.3. The van der Waals surface area contributed by atoms with Gasteiger partial charge >= 0.3 is 0 Å². The highest BCUT2D eigenvalue weighted by Crippen LogP contribution is 2.54. The molecule has 0 N–H and O–H groups in total. The molecule has 2 aliphatic heterocycles. The van der Waals surface area contributed by atoms with Crippen molar-refractivity contribution in [1.29, 1.82) is 0 Å². The SMILES string of the molecule is COc1cccc(C23CCN(C)CC2c2ccccc2O3)c1.Cl. The Kier molecular flexibility index (Phi) is 4.26. The number of halogens is 1. The molecule has 2 aromatic rings. The molecule has 2 aliphatic rings. The van der Waals surface area contributed by atoms with Gasteiger partial charge < -0.3 is 14.4 Å². The van der Waals surface area contributed by atoms with Gasteiger partial charge in [0.25, 0.3) is 0 Å². The van der Waals surface area contributed by atoms with Crippen LogP contribution in [0.3, 0.4) is 0 Å². The summed E-state index contributed by atoms with van der Waals surface area (Å²) in [7, 11) is 3.91. The number of ether oxygens (including phenoxy) is 2. The molecule has 0 radical (unpaired) electrons. The van der Waals surface area contributed by atoms with Crippen LogP contribution in [0.15, 0.2) is 48.5 Å². The minimum Gasteiger partial charge on any atom is -0.497 e. The predicted molar refractivity (Wildman–Crippen MR) is 93.8 cm³/mol. The standard InChI is InChI=1S/C19H21NO2.ClH/c1-20-11-10-19(14-6-5-7-15(12-14)21-2)17(13-20)16-8-3-4-9-18(16)22-19;/h3-9,12,17H,10-11,13H2,1-2H3;1H. The van der Waals surface area contributed by atoms with E-state index in [2.05, 4.69) is 54.4 Å². The molecule has 4 rings (SSSR count). The van der Waals surface area contributed by atoms with Crippen LogP contribution >= 0.6 is 12.4 Å². The Labute approximate surface area is 143 Å². The van der Waals surface area contributed by atoms with E-state index in [0.717, 1.165) is 31.0 Å². The Balaban J connectivity index is 0.00000156. The number of likely N-dealkylation sites (tertiary alicyclic amines) is 1. The van der Waals surface area contributed by atoms with Crippen LogP contribution in [-0.2, 0) is 5.60 Å². The molecule has 0 aliphatic carbocycles. The van der Waals surface area contributed by atoms with Gasteiger partial charge in [0.05, 0.1) is 7.11 Å². The van der Waals surface area contributed by atoms with Gasteiger partial charge in [-0.05, 0) is 30.8 Å². The number of para-hydroxylation sites is 1. The number of methoxy groups -OCH3 is 1. The van der Waals surface area contributed by atoms with Crippen LogP contribution in [0.2, 0.25) is 0 Å². The maximum absolute atomic E-state index is 6.55. The summed E-state index contributed by atoms with van der Waals surface area (Å²) in [6.07, 6.45) is 0.996. The number of fused-ring (bicyclic) bond motifs is 3. The third-order valence-electron chi connectivity index (χ3n) is 5.07. The molecule has 0 saturated carbocycles. The summed E-state index contributed by atoms with van der Waals surface area (Å²) in [6.45, 7) is 2.07. The van der Waals surface area contributed by atoms with Gasteiger partial charge in [0.1, 0.15) is 17.1 Å². The van der Waals surface area contributed by atoms with Gasteiger partial charge in [0.15, 0.2) is 0 Å². The number of rotatable bonds is 2. The average molecular weight is 332 g/mol. The van der Waals surface area contributed by atoms with Crippen molar-refractivity contribution in [3.05, 3.63) is 59.7 Å². The van der Waals surface area contributed by atoms with E-state index in [1.165, 1.54) is 11.1 Å². The molecule has 3 nitrogen and oxygen atoms in total. The minimum absolute atomic E-state index is 0. The first-order valence-corrected chi connectivity index (χ1v) is 7.84. The lowest BCUT2D eigenvalue weighted by Crippen LogP contribution is -2.47. The van der Waals surface area contributed by atoms with Crippen molar-refractivity contribution in [2.75, 3.05) is 27.2 Å². The third-order valence-corrected chi connectivity index (χ3v) is 5.07. The van der Waals surface area contributed by atoms with E-state index < -0.39 is 0 Å². The van der Waals surface area contributed by atoms with Gasteiger partial charge in [-0.3, -0.25) is 0 Å². The topological polar surface area (TPSA) is 21.7 Å². The third kappa shape index (κ3) is 2.48. The second-order valence-corrected chi connectivity index (χ2v) is 6.33. The van der Waals surface area contributed by atoms with Gasteiger partial charge in [-0.25, -0.2) is 0 Å². The van der Waals surface area contributed by atoms with Crippen LogP contribution < -0.4 is 9.47 Å². The maximum Gasteiger partial charge on any atom is 0.143 e. The van der Waals surface area contributed by atoms with E-state index in [-0.39, 0.29) is 18.0 Å². The molecule has 0 aromatic heterocycles. The Morgan fingerprint density at radius 3 is 2.83 bits per heavy atom. The smallest absolute Gasteiger partial charge is 0.143 e. The average Bonchev–Trinajstić information content (AvgIpc) is 2.90. The second-order valence-electron chi connectivity index (χ2n) is 6.33. The quantitative estimate of drug-likeness (QED) is 0.835. The van der Waals surface area contributed by atoms with Crippen molar-refractivity contribution >= 4 is 12.4 Å². The van der Waals surface area contributed by atoms with E-state index in [1.54, 1.807) is 7.11 Å². The van der Waals surface area contributed by atoms with Crippen LogP contribution in [0.4, 0.5) is 0 Å². The fraction of sp³-hybridized carbons (Fsp3) is 0.368. The maximum atomic E-state index is 6.55. The molecule has 1 saturated heterocycles. The highest BCUT2D eigenvalue weighted by atomic mass is 35.5. The molecule has 1 fully saturated rings.